The second-order valence-corrected chi connectivity index (χ2v) is 7.64. The highest BCUT2D eigenvalue weighted by Gasteiger charge is 2.35. The highest BCUT2D eigenvalue weighted by Crippen LogP contribution is 2.30. The number of carbonyl (C=O) groups excluding carboxylic acids is 1. The van der Waals surface area contributed by atoms with E-state index in [-0.39, 0.29) is 23.5 Å². The number of piperidine rings is 1. The Morgan fingerprint density at radius 1 is 1.22 bits per heavy atom. The Hall–Kier alpha value is -3.50. The molecule has 0 saturated carbocycles. The second kappa shape index (κ2) is 8.56. The Morgan fingerprint density at radius 2 is 2.03 bits per heavy atom. The summed E-state index contributed by atoms with van der Waals surface area (Å²) in [4.78, 5) is 27.1. The molecule has 0 N–H and O–H groups in total. The molecule has 1 saturated heterocycles. The van der Waals surface area contributed by atoms with Gasteiger partial charge in [-0.1, -0.05) is 0 Å². The van der Waals surface area contributed by atoms with Gasteiger partial charge in [0.2, 0.25) is 5.88 Å². The van der Waals surface area contributed by atoms with E-state index in [1.807, 2.05) is 19.9 Å². The van der Waals surface area contributed by atoms with Gasteiger partial charge in [0, 0.05) is 25.0 Å². The van der Waals surface area contributed by atoms with E-state index in [0.717, 1.165) is 17.8 Å². The van der Waals surface area contributed by atoms with Crippen LogP contribution in [0.15, 0.2) is 43.2 Å². The van der Waals surface area contributed by atoms with Crippen LogP contribution in [0.1, 0.15) is 41.4 Å². The number of alkyl halides is 3. The number of amides is 1. The zero-order valence-electron chi connectivity index (χ0n) is 17.5. The summed E-state index contributed by atoms with van der Waals surface area (Å²) in [6.45, 7) is 4.22. The normalized spacial score (nSPS) is 19.1. The number of likely N-dealkylation sites (tertiary alicyclic amines) is 1. The first-order valence-electron chi connectivity index (χ1n) is 10.1. The summed E-state index contributed by atoms with van der Waals surface area (Å²) in [6, 6.07) is 3.59. The average molecular weight is 446 g/mol. The Balaban J connectivity index is 1.54. The average Bonchev–Trinajstić information content (AvgIpc) is 3.29. The van der Waals surface area contributed by atoms with E-state index in [2.05, 4.69) is 20.1 Å². The first kappa shape index (κ1) is 21.7. The van der Waals surface area contributed by atoms with Crippen LogP contribution in [0.5, 0.6) is 5.88 Å². The topological polar surface area (TPSA) is 86.0 Å². The molecule has 11 heteroatoms. The van der Waals surface area contributed by atoms with Crippen molar-refractivity contribution in [3.63, 3.8) is 0 Å². The smallest absolute Gasteiger partial charge is 0.417 e. The number of aromatic nitrogens is 5. The van der Waals surface area contributed by atoms with Gasteiger partial charge in [-0.15, -0.1) is 0 Å². The number of rotatable bonds is 4. The number of nitrogens with zero attached hydrogens (tertiary/aromatic N) is 6. The molecule has 32 heavy (non-hydrogen) atoms. The molecule has 0 spiro atoms. The number of ether oxygens (including phenoxy) is 1. The standard InChI is InChI=1S/C21H21F3N6O2/c1-13-8-16(30-12-25-11-28-30)19(27-9-13)20(31)29-7-3-4-17(14(29)2)32-18-6-5-15(10-26-18)21(22,23)24/h5-6,8-12,14,17H,3-4,7H2,1-2H3/t14-,17+/m0/s1. The van der Waals surface area contributed by atoms with Crippen molar-refractivity contribution < 1.29 is 22.7 Å². The third-order valence-electron chi connectivity index (χ3n) is 5.39. The van der Waals surface area contributed by atoms with Gasteiger partial charge in [0.15, 0.2) is 5.69 Å². The van der Waals surface area contributed by atoms with E-state index in [4.69, 9.17) is 4.74 Å². The Morgan fingerprint density at radius 3 is 2.69 bits per heavy atom. The minimum absolute atomic E-state index is 0.0842. The van der Waals surface area contributed by atoms with Gasteiger partial charge in [-0.05, 0) is 44.4 Å². The van der Waals surface area contributed by atoms with Gasteiger partial charge in [-0.3, -0.25) is 4.79 Å². The minimum Gasteiger partial charge on any atom is -0.472 e. The van der Waals surface area contributed by atoms with Crippen molar-refractivity contribution >= 4 is 5.91 Å². The summed E-state index contributed by atoms with van der Waals surface area (Å²) in [5.74, 6) is -0.197. The van der Waals surface area contributed by atoms with E-state index in [1.165, 1.54) is 23.4 Å². The fourth-order valence-corrected chi connectivity index (χ4v) is 3.69. The molecular formula is C21H21F3N6O2. The van der Waals surface area contributed by atoms with Crippen LogP contribution in [0.3, 0.4) is 0 Å². The quantitative estimate of drug-likeness (QED) is 0.610. The molecule has 0 bridgehead atoms. The number of aryl methyl sites for hydroxylation is 1. The van der Waals surface area contributed by atoms with Crippen molar-refractivity contribution in [1.82, 2.24) is 29.6 Å². The van der Waals surface area contributed by atoms with Crippen molar-refractivity contribution in [2.24, 2.45) is 0 Å². The molecule has 168 valence electrons. The van der Waals surface area contributed by atoms with Gasteiger partial charge in [0.05, 0.1) is 17.3 Å². The lowest BCUT2D eigenvalue weighted by Crippen LogP contribution is -2.51. The van der Waals surface area contributed by atoms with Crippen molar-refractivity contribution in [3.8, 4) is 11.6 Å². The number of pyridine rings is 2. The molecule has 4 rings (SSSR count). The van der Waals surface area contributed by atoms with Gasteiger partial charge in [0.1, 0.15) is 18.8 Å². The van der Waals surface area contributed by atoms with Crippen LogP contribution >= 0.6 is 0 Å². The van der Waals surface area contributed by atoms with Gasteiger partial charge < -0.3 is 9.64 Å². The van der Waals surface area contributed by atoms with Crippen LogP contribution in [0.25, 0.3) is 5.69 Å². The van der Waals surface area contributed by atoms with E-state index in [9.17, 15) is 18.0 Å². The van der Waals surface area contributed by atoms with Crippen molar-refractivity contribution in [3.05, 3.63) is 60.1 Å². The Bertz CT molecular complexity index is 1090. The molecule has 1 aliphatic heterocycles. The van der Waals surface area contributed by atoms with E-state index >= 15 is 0 Å². The van der Waals surface area contributed by atoms with Crippen LogP contribution in [0.4, 0.5) is 13.2 Å². The molecule has 2 atom stereocenters. The highest BCUT2D eigenvalue weighted by atomic mass is 19.4. The molecule has 0 radical (unpaired) electrons. The summed E-state index contributed by atoms with van der Waals surface area (Å²) in [6.07, 6.45) is 1.66. The number of hydrogen-bond donors (Lipinski definition) is 0. The van der Waals surface area contributed by atoms with Crippen molar-refractivity contribution in [1.29, 1.82) is 0 Å². The molecule has 3 aromatic heterocycles. The van der Waals surface area contributed by atoms with Gasteiger partial charge in [-0.25, -0.2) is 19.6 Å². The Labute approximate surface area is 182 Å². The molecule has 4 heterocycles. The SMILES string of the molecule is Cc1cnc(C(=O)N2CCC[C@@H](Oc3ccc(C(F)(F)F)cn3)[C@@H]2C)c(-n2cncn2)c1. The molecule has 0 unspecified atom stereocenters. The summed E-state index contributed by atoms with van der Waals surface area (Å²) < 4.78 is 45.6. The van der Waals surface area contributed by atoms with E-state index in [0.29, 0.717) is 25.1 Å². The molecule has 8 nitrogen and oxygen atoms in total. The molecule has 1 fully saturated rings. The molecule has 0 aliphatic carbocycles. The van der Waals surface area contributed by atoms with Crippen LogP contribution in [0, 0.1) is 6.92 Å². The zero-order valence-corrected chi connectivity index (χ0v) is 17.5. The number of hydrogen-bond acceptors (Lipinski definition) is 6. The van der Waals surface area contributed by atoms with Crippen molar-refractivity contribution in [2.45, 2.75) is 45.0 Å². The van der Waals surface area contributed by atoms with Gasteiger partial charge in [0.25, 0.3) is 5.91 Å². The summed E-state index contributed by atoms with van der Waals surface area (Å²) >= 11 is 0. The lowest BCUT2D eigenvalue weighted by Gasteiger charge is -2.39. The predicted molar refractivity (Wildman–Crippen MR) is 107 cm³/mol. The minimum atomic E-state index is -4.46. The second-order valence-electron chi connectivity index (χ2n) is 7.64. The monoisotopic (exact) mass is 446 g/mol. The highest BCUT2D eigenvalue weighted by molar-refractivity contribution is 5.96. The van der Waals surface area contributed by atoms with Crippen LogP contribution in [-0.4, -0.2) is 54.2 Å². The molecule has 1 amide bonds. The van der Waals surface area contributed by atoms with E-state index in [1.54, 1.807) is 11.1 Å². The maximum atomic E-state index is 13.4. The maximum absolute atomic E-state index is 13.4. The lowest BCUT2D eigenvalue weighted by molar-refractivity contribution is -0.137. The first-order valence-corrected chi connectivity index (χ1v) is 10.1. The summed E-state index contributed by atoms with van der Waals surface area (Å²) in [5, 5.41) is 4.11. The number of carbonyl (C=O) groups is 1. The molecular weight excluding hydrogens is 425 g/mol. The third-order valence-corrected chi connectivity index (χ3v) is 5.39. The first-order chi connectivity index (χ1) is 15.2. The molecule has 3 aromatic rings. The van der Waals surface area contributed by atoms with Crippen molar-refractivity contribution in [2.75, 3.05) is 6.54 Å². The Kier molecular flexibility index (Phi) is 5.81. The molecule has 1 aliphatic rings. The van der Waals surface area contributed by atoms with Gasteiger partial charge in [-0.2, -0.15) is 18.3 Å². The summed E-state index contributed by atoms with van der Waals surface area (Å²) in [5.41, 5.74) is 0.783. The molecule has 0 aromatic carbocycles. The van der Waals surface area contributed by atoms with Crippen LogP contribution in [0.2, 0.25) is 0 Å². The van der Waals surface area contributed by atoms with Crippen LogP contribution < -0.4 is 4.74 Å². The largest absolute Gasteiger partial charge is 0.472 e. The lowest BCUT2D eigenvalue weighted by atomic mass is 9.99. The fourth-order valence-electron chi connectivity index (χ4n) is 3.69. The maximum Gasteiger partial charge on any atom is 0.417 e. The van der Waals surface area contributed by atoms with Gasteiger partial charge >= 0.3 is 6.18 Å². The zero-order chi connectivity index (χ0) is 22.9. The van der Waals surface area contributed by atoms with E-state index < -0.39 is 17.8 Å². The number of halogens is 3. The fraction of sp³-hybridized carbons (Fsp3) is 0.381. The third kappa shape index (κ3) is 4.41. The summed E-state index contributed by atoms with van der Waals surface area (Å²) in [7, 11) is 0. The predicted octanol–water partition coefficient (Wildman–Crippen LogP) is 3.46. The van der Waals surface area contributed by atoms with Crippen LogP contribution in [-0.2, 0) is 6.18 Å².